The van der Waals surface area contributed by atoms with Crippen LogP contribution in [0, 0.1) is 18.3 Å². The van der Waals surface area contributed by atoms with Gasteiger partial charge in [0.25, 0.3) is 10.0 Å². The number of benzene rings is 1. The lowest BCUT2D eigenvalue weighted by molar-refractivity contribution is 0.233. The maximum Gasteiger partial charge on any atom is 0.345 e. The molecular weight excluding hydrogens is 316 g/mol. The van der Waals surface area contributed by atoms with Gasteiger partial charge in [-0.15, -0.1) is 0 Å². The molecule has 0 atom stereocenters. The highest BCUT2D eigenvalue weighted by Gasteiger charge is 2.42. The molecule has 0 N–H and O–H groups in total. The zero-order valence-electron chi connectivity index (χ0n) is 12.2. The van der Waals surface area contributed by atoms with Crippen molar-refractivity contribution in [3.63, 3.8) is 0 Å². The molecule has 116 valence electrons. The number of rotatable bonds is 2. The molecule has 2 heterocycles. The van der Waals surface area contributed by atoms with Crippen LogP contribution in [-0.2, 0) is 10.0 Å². The lowest BCUT2D eigenvalue weighted by Gasteiger charge is -2.34. The molecule has 0 saturated carbocycles. The van der Waals surface area contributed by atoms with E-state index in [-0.39, 0.29) is 10.7 Å². The standard InChI is InChI=1S/C15H12N4O3S/c1-11-4-2-5-12(10-11)19-14-13(6-3-8-17-14)23(21,22)18(9-7-16)15(19)20/h2-6,8,10H,9H2,1H3. The Bertz CT molecular complexity index is 934. The number of aromatic nitrogens is 1. The number of anilines is 2. The molecule has 0 aliphatic carbocycles. The first-order valence-corrected chi connectivity index (χ1v) is 8.16. The van der Waals surface area contributed by atoms with Gasteiger partial charge in [-0.3, -0.25) is 0 Å². The summed E-state index contributed by atoms with van der Waals surface area (Å²) in [5, 5.41) is 8.87. The van der Waals surface area contributed by atoms with Gasteiger partial charge in [0.2, 0.25) is 0 Å². The van der Waals surface area contributed by atoms with Gasteiger partial charge < -0.3 is 0 Å². The third-order valence-corrected chi connectivity index (χ3v) is 5.15. The molecule has 2 aromatic rings. The molecule has 7 nitrogen and oxygen atoms in total. The highest BCUT2D eigenvalue weighted by molar-refractivity contribution is 7.90. The zero-order chi connectivity index (χ0) is 16.6. The number of nitrogens with zero attached hydrogens (tertiary/aromatic N) is 4. The van der Waals surface area contributed by atoms with Crippen LogP contribution in [0.1, 0.15) is 5.56 Å². The van der Waals surface area contributed by atoms with Gasteiger partial charge in [-0.1, -0.05) is 12.1 Å². The minimum absolute atomic E-state index is 0.0392. The molecule has 1 aliphatic rings. The van der Waals surface area contributed by atoms with E-state index in [1.54, 1.807) is 24.3 Å². The Labute approximate surface area is 133 Å². The smallest absolute Gasteiger partial charge is 0.246 e. The second-order valence-corrected chi connectivity index (χ2v) is 6.78. The summed E-state index contributed by atoms with van der Waals surface area (Å²) in [6.07, 6.45) is 1.42. The van der Waals surface area contributed by atoms with Crippen molar-refractivity contribution in [1.82, 2.24) is 9.29 Å². The van der Waals surface area contributed by atoms with Crippen molar-refractivity contribution in [3.8, 4) is 6.07 Å². The minimum atomic E-state index is -4.09. The van der Waals surface area contributed by atoms with E-state index in [0.717, 1.165) is 5.56 Å². The normalized spacial score (nSPS) is 15.9. The van der Waals surface area contributed by atoms with E-state index in [1.165, 1.54) is 23.2 Å². The van der Waals surface area contributed by atoms with Crippen LogP contribution in [0.25, 0.3) is 0 Å². The topological polar surface area (TPSA) is 94.4 Å². The molecule has 23 heavy (non-hydrogen) atoms. The lowest BCUT2D eigenvalue weighted by Crippen LogP contribution is -2.49. The molecule has 1 aromatic carbocycles. The molecule has 0 bridgehead atoms. The van der Waals surface area contributed by atoms with E-state index >= 15 is 0 Å². The lowest BCUT2D eigenvalue weighted by atomic mass is 10.2. The molecule has 3 rings (SSSR count). The van der Waals surface area contributed by atoms with Gasteiger partial charge in [0, 0.05) is 6.20 Å². The number of pyridine rings is 1. The molecule has 8 heteroatoms. The van der Waals surface area contributed by atoms with Gasteiger partial charge in [-0.2, -0.15) is 5.26 Å². The number of urea groups is 1. The molecule has 0 saturated heterocycles. The van der Waals surface area contributed by atoms with Crippen molar-refractivity contribution in [3.05, 3.63) is 48.2 Å². The molecule has 0 spiro atoms. The number of sulfonamides is 1. The molecule has 0 unspecified atom stereocenters. The van der Waals surface area contributed by atoms with Gasteiger partial charge in [0.15, 0.2) is 5.82 Å². The Morgan fingerprint density at radius 3 is 2.74 bits per heavy atom. The van der Waals surface area contributed by atoms with Crippen LogP contribution in [0.4, 0.5) is 16.3 Å². The molecule has 0 radical (unpaired) electrons. The third-order valence-electron chi connectivity index (χ3n) is 3.41. The minimum Gasteiger partial charge on any atom is -0.246 e. The second kappa shape index (κ2) is 5.37. The van der Waals surface area contributed by atoms with Crippen molar-refractivity contribution in [2.24, 2.45) is 0 Å². The van der Waals surface area contributed by atoms with Gasteiger partial charge >= 0.3 is 6.03 Å². The van der Waals surface area contributed by atoms with Gasteiger partial charge in [-0.25, -0.2) is 27.4 Å². The summed E-state index contributed by atoms with van der Waals surface area (Å²) in [6, 6.07) is 10.8. The first kappa shape index (κ1) is 15.0. The number of amides is 2. The van der Waals surface area contributed by atoms with Gasteiger partial charge in [0.05, 0.1) is 11.8 Å². The summed E-state index contributed by atoms with van der Waals surface area (Å²) >= 11 is 0. The second-order valence-electron chi connectivity index (χ2n) is 4.95. The number of nitriles is 1. The zero-order valence-corrected chi connectivity index (χ0v) is 13.0. The largest absolute Gasteiger partial charge is 0.345 e. The number of carbonyl (C=O) groups excluding carboxylic acids is 1. The van der Waals surface area contributed by atoms with Crippen LogP contribution in [0.5, 0.6) is 0 Å². The fourth-order valence-corrected chi connectivity index (χ4v) is 3.77. The van der Waals surface area contributed by atoms with Crippen molar-refractivity contribution in [1.29, 1.82) is 5.26 Å². The van der Waals surface area contributed by atoms with Crippen LogP contribution in [0.15, 0.2) is 47.5 Å². The maximum absolute atomic E-state index is 12.7. The Hall–Kier alpha value is -2.92. The van der Waals surface area contributed by atoms with Gasteiger partial charge in [0.1, 0.15) is 11.4 Å². The number of aryl methyl sites for hydroxylation is 1. The first-order chi connectivity index (χ1) is 11.0. The van der Waals surface area contributed by atoms with E-state index in [9.17, 15) is 13.2 Å². The number of hydrogen-bond acceptors (Lipinski definition) is 5. The summed E-state index contributed by atoms with van der Waals surface area (Å²) in [5.74, 6) is 0.0392. The Balaban J connectivity index is 2.28. The fraction of sp³-hybridized carbons (Fsp3) is 0.133. The Morgan fingerprint density at radius 2 is 2.04 bits per heavy atom. The van der Waals surface area contributed by atoms with Crippen LogP contribution in [0.3, 0.4) is 0 Å². The van der Waals surface area contributed by atoms with E-state index < -0.39 is 22.6 Å². The SMILES string of the molecule is Cc1cccc(N2C(=O)N(CC#N)S(=O)(=O)c3cccnc32)c1. The monoisotopic (exact) mass is 328 g/mol. The van der Waals surface area contributed by atoms with Crippen LogP contribution in [0.2, 0.25) is 0 Å². The highest BCUT2D eigenvalue weighted by Crippen LogP contribution is 2.37. The molecule has 1 aromatic heterocycles. The predicted octanol–water partition coefficient (Wildman–Crippen LogP) is 2.18. The average molecular weight is 328 g/mol. The van der Waals surface area contributed by atoms with Gasteiger partial charge in [-0.05, 0) is 36.8 Å². The summed E-state index contributed by atoms with van der Waals surface area (Å²) in [7, 11) is -4.09. The van der Waals surface area contributed by atoms with Crippen molar-refractivity contribution < 1.29 is 13.2 Å². The molecule has 1 aliphatic heterocycles. The van der Waals surface area contributed by atoms with Crippen molar-refractivity contribution in [2.45, 2.75) is 11.8 Å². The molecule has 2 amide bonds. The quantitative estimate of drug-likeness (QED) is 0.788. The van der Waals surface area contributed by atoms with Crippen LogP contribution in [-0.4, -0.2) is 30.3 Å². The highest BCUT2D eigenvalue weighted by atomic mass is 32.2. The number of carbonyl (C=O) groups is 1. The van der Waals surface area contributed by atoms with Crippen molar-refractivity contribution in [2.75, 3.05) is 11.4 Å². The average Bonchev–Trinajstić information content (AvgIpc) is 2.52. The predicted molar refractivity (Wildman–Crippen MR) is 82.5 cm³/mol. The molecule has 0 fully saturated rings. The number of fused-ring (bicyclic) bond motifs is 1. The van der Waals surface area contributed by atoms with E-state index in [2.05, 4.69) is 4.98 Å². The van der Waals surface area contributed by atoms with E-state index in [4.69, 9.17) is 5.26 Å². The fourth-order valence-electron chi connectivity index (χ4n) is 2.39. The number of hydrogen-bond donors (Lipinski definition) is 0. The van der Waals surface area contributed by atoms with E-state index in [1.807, 2.05) is 13.0 Å². The van der Waals surface area contributed by atoms with Crippen molar-refractivity contribution >= 4 is 27.6 Å². The third kappa shape index (κ3) is 2.31. The Morgan fingerprint density at radius 1 is 1.26 bits per heavy atom. The Kier molecular flexibility index (Phi) is 3.50. The van der Waals surface area contributed by atoms with Crippen LogP contribution >= 0.6 is 0 Å². The van der Waals surface area contributed by atoms with E-state index in [0.29, 0.717) is 9.99 Å². The summed E-state index contributed by atoms with van der Waals surface area (Å²) < 4.78 is 25.6. The summed E-state index contributed by atoms with van der Waals surface area (Å²) in [4.78, 5) is 17.9. The molecular formula is C15H12N4O3S. The summed E-state index contributed by atoms with van der Waals surface area (Å²) in [6.45, 7) is 1.30. The summed E-state index contributed by atoms with van der Waals surface area (Å²) in [5.41, 5.74) is 1.40. The maximum atomic E-state index is 12.7. The first-order valence-electron chi connectivity index (χ1n) is 6.72. The van der Waals surface area contributed by atoms with Crippen LogP contribution < -0.4 is 4.90 Å².